The van der Waals surface area contributed by atoms with Gasteiger partial charge in [-0.1, -0.05) is 12.1 Å². The van der Waals surface area contributed by atoms with E-state index >= 15 is 0 Å². The first-order valence-electron chi connectivity index (χ1n) is 3.40. The Kier molecular flexibility index (Phi) is 1.59. The van der Waals surface area contributed by atoms with Gasteiger partial charge in [0.15, 0.2) is 0 Å². The number of hydrogen-bond donors (Lipinski definition) is 1. The number of benzene rings is 1. The highest BCUT2D eigenvalue weighted by Gasteiger charge is 2.07. The minimum Gasteiger partial charge on any atom is -0.478 e. The largest absolute Gasteiger partial charge is 0.478 e. The van der Waals surface area contributed by atoms with Gasteiger partial charge in [0.05, 0.1) is 5.56 Å². The quantitative estimate of drug-likeness (QED) is 0.726. The summed E-state index contributed by atoms with van der Waals surface area (Å²) in [5, 5.41) is 11.4. The summed E-state index contributed by atoms with van der Waals surface area (Å²) in [6, 6.07) is 8.17. The Morgan fingerprint density at radius 3 is 3.08 bits per heavy atom. The molecule has 0 unspecified atom stereocenters. The van der Waals surface area contributed by atoms with Crippen molar-refractivity contribution >= 4 is 27.4 Å². The van der Waals surface area contributed by atoms with Crippen LogP contribution in [0.2, 0.25) is 0 Å². The van der Waals surface area contributed by atoms with Gasteiger partial charge in [-0.25, -0.2) is 4.79 Å². The van der Waals surface area contributed by atoms with Gasteiger partial charge in [0, 0.05) is 16.2 Å². The molecule has 0 atom stereocenters. The molecule has 0 amide bonds. The first-order valence-corrected chi connectivity index (χ1v) is 4.28. The number of thiophene rings is 1. The molecule has 1 aromatic carbocycles. The molecule has 0 saturated carbocycles. The predicted octanol–water partition coefficient (Wildman–Crippen LogP) is 2.40. The fraction of sp³-hybridized carbons (Fsp3) is 0. The Balaban J connectivity index is 2.82. The van der Waals surface area contributed by atoms with E-state index in [9.17, 15) is 4.79 Å². The number of hydrogen-bond acceptors (Lipinski definition) is 2. The van der Waals surface area contributed by atoms with Crippen molar-refractivity contribution in [2.24, 2.45) is 0 Å². The highest BCUT2D eigenvalue weighted by atomic mass is 32.1. The third-order valence-electron chi connectivity index (χ3n) is 1.64. The van der Waals surface area contributed by atoms with Crippen molar-refractivity contribution in [3.05, 3.63) is 35.2 Å². The zero-order valence-corrected chi connectivity index (χ0v) is 6.89. The molecule has 0 bridgehead atoms. The number of carbonyl (C=O) groups is 1. The van der Waals surface area contributed by atoms with Gasteiger partial charge < -0.3 is 5.11 Å². The van der Waals surface area contributed by atoms with Gasteiger partial charge in [0.2, 0.25) is 0 Å². The van der Waals surface area contributed by atoms with Crippen LogP contribution in [0.3, 0.4) is 0 Å². The van der Waals surface area contributed by atoms with Crippen LogP contribution in [-0.2, 0) is 0 Å². The average Bonchev–Trinajstić information content (AvgIpc) is 2.49. The standard InChI is InChI=1S/C9H5O2S/c10-9(11)7-3-1-2-6-4-5-12-8(6)7/h1-3,5H,(H,10,11). The van der Waals surface area contributed by atoms with Gasteiger partial charge >= 0.3 is 5.97 Å². The molecule has 1 radical (unpaired) electrons. The van der Waals surface area contributed by atoms with Crippen molar-refractivity contribution in [2.45, 2.75) is 0 Å². The van der Waals surface area contributed by atoms with E-state index in [4.69, 9.17) is 5.11 Å². The Bertz CT molecular complexity index is 431. The van der Waals surface area contributed by atoms with Gasteiger partial charge in [-0.3, -0.25) is 0 Å². The minimum absolute atomic E-state index is 0.360. The van der Waals surface area contributed by atoms with E-state index in [2.05, 4.69) is 6.07 Å². The minimum atomic E-state index is -0.878. The van der Waals surface area contributed by atoms with Crippen molar-refractivity contribution in [1.29, 1.82) is 0 Å². The van der Waals surface area contributed by atoms with E-state index in [1.165, 1.54) is 11.3 Å². The highest BCUT2D eigenvalue weighted by Crippen LogP contribution is 2.23. The van der Waals surface area contributed by atoms with Gasteiger partial charge in [-0.15, -0.1) is 11.3 Å². The summed E-state index contributed by atoms with van der Waals surface area (Å²) in [7, 11) is 0. The smallest absolute Gasteiger partial charge is 0.337 e. The number of carboxylic acid groups (broad SMARTS) is 1. The number of rotatable bonds is 1. The van der Waals surface area contributed by atoms with E-state index in [1.807, 2.05) is 6.07 Å². The second-order valence-corrected chi connectivity index (χ2v) is 3.25. The van der Waals surface area contributed by atoms with Crippen LogP contribution in [0.4, 0.5) is 0 Å². The summed E-state index contributed by atoms with van der Waals surface area (Å²) < 4.78 is 0.796. The van der Waals surface area contributed by atoms with Crippen molar-refractivity contribution in [3.8, 4) is 0 Å². The second kappa shape index (κ2) is 2.60. The van der Waals surface area contributed by atoms with Crippen LogP contribution >= 0.6 is 11.3 Å². The summed E-state index contributed by atoms with van der Waals surface area (Å²) in [5.74, 6) is -0.878. The molecule has 2 nitrogen and oxygen atoms in total. The summed E-state index contributed by atoms with van der Waals surface area (Å²) in [6.07, 6.45) is 0. The van der Waals surface area contributed by atoms with Crippen molar-refractivity contribution in [1.82, 2.24) is 0 Å². The van der Waals surface area contributed by atoms with Crippen LogP contribution in [0.15, 0.2) is 23.6 Å². The average molecular weight is 177 g/mol. The van der Waals surface area contributed by atoms with E-state index in [0.717, 1.165) is 10.1 Å². The molecule has 12 heavy (non-hydrogen) atoms. The molecule has 0 aliphatic carbocycles. The van der Waals surface area contributed by atoms with Crippen LogP contribution in [0, 0.1) is 6.07 Å². The van der Waals surface area contributed by atoms with Crippen LogP contribution in [0.1, 0.15) is 10.4 Å². The first kappa shape index (κ1) is 7.31. The third kappa shape index (κ3) is 0.987. The van der Waals surface area contributed by atoms with Gasteiger partial charge in [0.25, 0.3) is 0 Å². The second-order valence-electron chi connectivity index (χ2n) is 2.37. The number of aromatic carboxylic acids is 1. The third-order valence-corrected chi connectivity index (χ3v) is 2.55. The first-order chi connectivity index (χ1) is 5.79. The predicted molar refractivity (Wildman–Crippen MR) is 47.6 cm³/mol. The molecule has 1 heterocycles. The topological polar surface area (TPSA) is 37.3 Å². The zero-order chi connectivity index (χ0) is 8.55. The normalized spacial score (nSPS) is 10.3. The lowest BCUT2D eigenvalue weighted by Crippen LogP contribution is -1.94. The lowest BCUT2D eigenvalue weighted by atomic mass is 10.2. The molecule has 1 aromatic heterocycles. The molecule has 0 spiro atoms. The lowest BCUT2D eigenvalue weighted by molar-refractivity contribution is 0.0699. The van der Waals surface area contributed by atoms with Crippen LogP contribution in [-0.4, -0.2) is 11.1 Å². The molecular formula is C9H5O2S. The summed E-state index contributed by atoms with van der Waals surface area (Å²) in [4.78, 5) is 10.7. The number of fused-ring (bicyclic) bond motifs is 1. The fourth-order valence-electron chi connectivity index (χ4n) is 1.10. The van der Waals surface area contributed by atoms with Gasteiger partial charge in [-0.05, 0) is 11.4 Å². The maximum absolute atomic E-state index is 10.7. The Morgan fingerprint density at radius 2 is 2.33 bits per heavy atom. The van der Waals surface area contributed by atoms with Crippen LogP contribution in [0.5, 0.6) is 0 Å². The Labute approximate surface area is 73.1 Å². The van der Waals surface area contributed by atoms with Gasteiger partial charge in [-0.2, -0.15) is 0 Å². The van der Waals surface area contributed by atoms with Crippen LogP contribution < -0.4 is 0 Å². The molecule has 2 aromatic rings. The summed E-state index contributed by atoms with van der Waals surface area (Å²) in [5.41, 5.74) is 0.360. The Hall–Kier alpha value is -1.35. The van der Waals surface area contributed by atoms with Crippen LogP contribution in [0.25, 0.3) is 10.1 Å². The molecule has 59 valence electrons. The van der Waals surface area contributed by atoms with E-state index in [1.54, 1.807) is 17.5 Å². The molecule has 0 saturated heterocycles. The van der Waals surface area contributed by atoms with Crippen molar-refractivity contribution in [2.75, 3.05) is 0 Å². The summed E-state index contributed by atoms with van der Waals surface area (Å²) in [6.45, 7) is 0. The fourth-order valence-corrected chi connectivity index (χ4v) is 1.94. The van der Waals surface area contributed by atoms with E-state index in [0.29, 0.717) is 5.56 Å². The number of carboxylic acids is 1. The van der Waals surface area contributed by atoms with E-state index in [-0.39, 0.29) is 0 Å². The molecule has 3 heteroatoms. The van der Waals surface area contributed by atoms with Crippen molar-refractivity contribution in [3.63, 3.8) is 0 Å². The zero-order valence-electron chi connectivity index (χ0n) is 6.07. The Morgan fingerprint density at radius 1 is 1.50 bits per heavy atom. The lowest BCUT2D eigenvalue weighted by Gasteiger charge is -1.94. The molecule has 0 aliphatic rings. The maximum Gasteiger partial charge on any atom is 0.337 e. The maximum atomic E-state index is 10.7. The molecule has 2 rings (SSSR count). The van der Waals surface area contributed by atoms with Gasteiger partial charge in [0.1, 0.15) is 0 Å². The summed E-state index contributed by atoms with van der Waals surface area (Å²) >= 11 is 1.41. The molecule has 0 aliphatic heterocycles. The molecule has 1 N–H and O–H groups in total. The molecular weight excluding hydrogens is 172 g/mol. The highest BCUT2D eigenvalue weighted by molar-refractivity contribution is 7.17. The SMILES string of the molecule is O=C(O)c1cccc2[c]csc12. The van der Waals surface area contributed by atoms with E-state index < -0.39 is 5.97 Å². The monoisotopic (exact) mass is 177 g/mol. The molecule has 0 fully saturated rings. The van der Waals surface area contributed by atoms with Crippen molar-refractivity contribution < 1.29 is 9.90 Å².